The summed E-state index contributed by atoms with van der Waals surface area (Å²) >= 11 is 0. The Morgan fingerprint density at radius 1 is 1.28 bits per heavy atom. The van der Waals surface area contributed by atoms with Crippen molar-refractivity contribution in [2.24, 2.45) is 11.3 Å². The summed E-state index contributed by atoms with van der Waals surface area (Å²) in [6, 6.07) is 1.84. The molecule has 0 aromatic carbocycles. The van der Waals surface area contributed by atoms with Crippen molar-refractivity contribution in [2.75, 3.05) is 58.2 Å². The van der Waals surface area contributed by atoms with Crippen molar-refractivity contribution in [1.82, 2.24) is 14.3 Å². The van der Waals surface area contributed by atoms with Crippen LogP contribution < -0.4 is 9.64 Å². The molecule has 8 nitrogen and oxygen atoms in total. The largest absolute Gasteiger partial charge is 0.481 e. The van der Waals surface area contributed by atoms with Gasteiger partial charge in [-0.2, -0.15) is 0 Å². The fourth-order valence-electron chi connectivity index (χ4n) is 4.03. The lowest BCUT2D eigenvalue weighted by Crippen LogP contribution is -2.45. The van der Waals surface area contributed by atoms with Gasteiger partial charge >= 0.3 is 0 Å². The predicted molar refractivity (Wildman–Crippen MR) is 94.2 cm³/mol. The SMILES string of the molecule is COC[C@H]1CN(S(C)(=O)=O)CC12CCN(c1cc(OC)ncn1)CC2. The van der Waals surface area contributed by atoms with Gasteiger partial charge in [0.25, 0.3) is 0 Å². The zero-order chi connectivity index (χ0) is 18.1. The summed E-state index contributed by atoms with van der Waals surface area (Å²) in [5, 5.41) is 0. The van der Waals surface area contributed by atoms with E-state index in [1.807, 2.05) is 6.07 Å². The van der Waals surface area contributed by atoms with Gasteiger partial charge in [0.2, 0.25) is 15.9 Å². The Kier molecular flexibility index (Phi) is 5.17. The number of nitrogens with zero attached hydrogens (tertiary/aromatic N) is 4. The number of piperidine rings is 1. The van der Waals surface area contributed by atoms with Gasteiger partial charge in [-0.05, 0) is 18.3 Å². The number of sulfonamides is 1. The van der Waals surface area contributed by atoms with Crippen molar-refractivity contribution in [3.8, 4) is 5.88 Å². The van der Waals surface area contributed by atoms with Crippen molar-refractivity contribution < 1.29 is 17.9 Å². The number of ether oxygens (including phenoxy) is 2. The van der Waals surface area contributed by atoms with Gasteiger partial charge in [0.05, 0.1) is 20.0 Å². The molecule has 3 rings (SSSR count). The van der Waals surface area contributed by atoms with Crippen LogP contribution in [0, 0.1) is 11.3 Å². The normalized spacial score (nSPS) is 24.0. The lowest BCUT2D eigenvalue weighted by molar-refractivity contribution is 0.0763. The van der Waals surface area contributed by atoms with Crippen molar-refractivity contribution in [3.05, 3.63) is 12.4 Å². The van der Waals surface area contributed by atoms with Gasteiger partial charge < -0.3 is 14.4 Å². The van der Waals surface area contributed by atoms with E-state index in [4.69, 9.17) is 9.47 Å². The van der Waals surface area contributed by atoms with E-state index < -0.39 is 10.0 Å². The fourth-order valence-corrected chi connectivity index (χ4v) is 4.97. The van der Waals surface area contributed by atoms with Gasteiger partial charge in [-0.3, -0.25) is 0 Å². The molecule has 0 amide bonds. The zero-order valence-electron chi connectivity index (χ0n) is 15.0. The number of methoxy groups -OCH3 is 2. The molecule has 2 aliphatic rings. The highest BCUT2D eigenvalue weighted by Gasteiger charge is 2.50. The fraction of sp³-hybridized carbons (Fsp3) is 0.750. The van der Waals surface area contributed by atoms with E-state index in [0.29, 0.717) is 25.6 Å². The Morgan fingerprint density at radius 2 is 2.00 bits per heavy atom. The van der Waals surface area contributed by atoms with Crippen LogP contribution in [0.3, 0.4) is 0 Å². The molecule has 0 saturated carbocycles. The summed E-state index contributed by atoms with van der Waals surface area (Å²) in [4.78, 5) is 10.6. The lowest BCUT2D eigenvalue weighted by atomic mass is 9.71. The Bertz CT molecular complexity index is 704. The Balaban J connectivity index is 1.74. The van der Waals surface area contributed by atoms with Gasteiger partial charge in [0, 0.05) is 45.3 Å². The molecule has 25 heavy (non-hydrogen) atoms. The Morgan fingerprint density at radius 3 is 2.60 bits per heavy atom. The van der Waals surface area contributed by atoms with Crippen LogP contribution in [0.4, 0.5) is 5.82 Å². The maximum Gasteiger partial charge on any atom is 0.218 e. The van der Waals surface area contributed by atoms with Crippen LogP contribution in [0.25, 0.3) is 0 Å². The topological polar surface area (TPSA) is 84.9 Å². The molecular weight excluding hydrogens is 344 g/mol. The number of anilines is 1. The molecule has 9 heteroatoms. The van der Waals surface area contributed by atoms with Crippen molar-refractivity contribution >= 4 is 15.8 Å². The monoisotopic (exact) mass is 370 g/mol. The van der Waals surface area contributed by atoms with E-state index in [9.17, 15) is 8.42 Å². The van der Waals surface area contributed by atoms with Crippen molar-refractivity contribution in [1.29, 1.82) is 0 Å². The molecule has 2 aliphatic heterocycles. The highest BCUT2D eigenvalue weighted by Crippen LogP contribution is 2.46. The van der Waals surface area contributed by atoms with Gasteiger partial charge in [0.1, 0.15) is 12.1 Å². The molecule has 1 aromatic rings. The van der Waals surface area contributed by atoms with Crippen LogP contribution in [0.5, 0.6) is 5.88 Å². The van der Waals surface area contributed by atoms with Gasteiger partial charge in [0.15, 0.2) is 0 Å². The third kappa shape index (κ3) is 3.73. The zero-order valence-corrected chi connectivity index (χ0v) is 15.8. The van der Waals surface area contributed by atoms with E-state index in [0.717, 1.165) is 31.7 Å². The summed E-state index contributed by atoms with van der Waals surface area (Å²) in [5.74, 6) is 1.63. The number of hydrogen-bond acceptors (Lipinski definition) is 7. The molecule has 0 N–H and O–H groups in total. The molecule has 2 fully saturated rings. The maximum absolute atomic E-state index is 12.0. The molecule has 0 radical (unpaired) electrons. The van der Waals surface area contributed by atoms with E-state index in [1.165, 1.54) is 12.6 Å². The Hall–Kier alpha value is -1.45. The van der Waals surface area contributed by atoms with E-state index >= 15 is 0 Å². The third-order valence-corrected chi connectivity index (χ3v) is 6.75. The molecular formula is C16H26N4O4S. The standard InChI is InChI=1S/C16H26N4O4S/c1-23-10-13-9-20(25(3,21)22)11-16(13)4-6-19(7-5-16)14-8-15(24-2)18-12-17-14/h8,12-13H,4-7,9-11H2,1-3H3/t13-/m1/s1. The van der Waals surface area contributed by atoms with Crippen LogP contribution in [-0.4, -0.2) is 76.0 Å². The van der Waals surface area contributed by atoms with Gasteiger partial charge in [-0.15, -0.1) is 0 Å². The molecule has 1 aromatic heterocycles. The molecule has 2 saturated heterocycles. The van der Waals surface area contributed by atoms with Gasteiger partial charge in [-0.25, -0.2) is 22.7 Å². The van der Waals surface area contributed by atoms with Crippen LogP contribution in [0.1, 0.15) is 12.8 Å². The first-order chi connectivity index (χ1) is 11.9. The minimum Gasteiger partial charge on any atom is -0.481 e. The Labute approximate surface area is 149 Å². The average Bonchev–Trinajstić information content (AvgIpc) is 2.94. The first-order valence-electron chi connectivity index (χ1n) is 8.43. The molecule has 140 valence electrons. The minimum absolute atomic E-state index is 0.0211. The maximum atomic E-state index is 12.0. The quantitative estimate of drug-likeness (QED) is 0.751. The first kappa shape index (κ1) is 18.3. The number of rotatable bonds is 5. The summed E-state index contributed by atoms with van der Waals surface area (Å²) in [7, 11) is 0.0911. The molecule has 1 atom stereocenters. The molecule has 3 heterocycles. The van der Waals surface area contributed by atoms with Crippen LogP contribution in [0.2, 0.25) is 0 Å². The highest BCUT2D eigenvalue weighted by molar-refractivity contribution is 7.88. The van der Waals surface area contributed by atoms with E-state index in [2.05, 4.69) is 14.9 Å². The smallest absolute Gasteiger partial charge is 0.218 e. The summed E-state index contributed by atoms with van der Waals surface area (Å²) in [6.45, 7) is 3.39. The second-order valence-corrected chi connectivity index (χ2v) is 8.96. The van der Waals surface area contributed by atoms with Gasteiger partial charge in [-0.1, -0.05) is 0 Å². The van der Waals surface area contributed by atoms with Crippen molar-refractivity contribution in [3.63, 3.8) is 0 Å². The summed E-state index contributed by atoms with van der Waals surface area (Å²) in [6.07, 6.45) is 4.63. The van der Waals surface area contributed by atoms with Crippen LogP contribution in [-0.2, 0) is 14.8 Å². The minimum atomic E-state index is -3.18. The predicted octanol–water partition coefficient (Wildman–Crippen LogP) is 0.610. The molecule has 0 bridgehead atoms. The molecule has 0 unspecified atom stereocenters. The number of aromatic nitrogens is 2. The van der Waals surface area contributed by atoms with Crippen molar-refractivity contribution in [2.45, 2.75) is 12.8 Å². The second-order valence-electron chi connectivity index (χ2n) is 6.98. The van der Waals surface area contributed by atoms with E-state index in [1.54, 1.807) is 18.5 Å². The highest BCUT2D eigenvalue weighted by atomic mass is 32.2. The third-order valence-electron chi connectivity index (χ3n) is 5.54. The first-order valence-corrected chi connectivity index (χ1v) is 10.3. The van der Waals surface area contributed by atoms with E-state index in [-0.39, 0.29) is 11.3 Å². The number of hydrogen-bond donors (Lipinski definition) is 0. The lowest BCUT2D eigenvalue weighted by Gasteiger charge is -2.42. The second kappa shape index (κ2) is 7.05. The van der Waals surface area contributed by atoms with Crippen LogP contribution >= 0.6 is 0 Å². The summed E-state index contributed by atoms with van der Waals surface area (Å²) < 4.78 is 36.2. The molecule has 0 aliphatic carbocycles. The summed E-state index contributed by atoms with van der Waals surface area (Å²) in [5.41, 5.74) is -0.0211. The average molecular weight is 370 g/mol. The molecule has 1 spiro atoms. The van der Waals surface area contributed by atoms with Crippen LogP contribution in [0.15, 0.2) is 12.4 Å².